The smallest absolute Gasteiger partial charge is 0.242 e. The molecule has 1 saturated carbocycles. The van der Waals surface area contributed by atoms with E-state index in [-0.39, 0.29) is 30.7 Å². The number of carbonyl (C=O) groups excluding carboxylic acids is 2. The third kappa shape index (κ3) is 7.09. The van der Waals surface area contributed by atoms with Crippen molar-refractivity contribution in [1.29, 1.82) is 0 Å². The molecule has 31 heavy (non-hydrogen) atoms. The summed E-state index contributed by atoms with van der Waals surface area (Å²) in [5.41, 5.74) is 0.809. The average molecular weight is 427 g/mol. The highest BCUT2D eigenvalue weighted by Crippen LogP contribution is 2.28. The van der Waals surface area contributed by atoms with Crippen molar-refractivity contribution in [2.75, 3.05) is 13.1 Å². The molecule has 1 fully saturated rings. The fraction of sp³-hybridized carbons (Fsp3) is 0.440. The molecule has 0 saturated heterocycles. The van der Waals surface area contributed by atoms with E-state index < -0.39 is 0 Å². The van der Waals surface area contributed by atoms with Gasteiger partial charge >= 0.3 is 0 Å². The first-order valence-electron chi connectivity index (χ1n) is 11.0. The lowest BCUT2D eigenvalue weighted by molar-refractivity contribution is -0.141. The Morgan fingerprint density at radius 3 is 2.45 bits per heavy atom. The monoisotopic (exact) mass is 426 g/mol. The second-order valence-electron chi connectivity index (χ2n) is 8.21. The first-order valence-corrected chi connectivity index (χ1v) is 11.0. The van der Waals surface area contributed by atoms with Gasteiger partial charge < -0.3 is 14.2 Å². The van der Waals surface area contributed by atoms with Gasteiger partial charge in [-0.15, -0.1) is 6.58 Å². The van der Waals surface area contributed by atoms with E-state index in [9.17, 15) is 14.0 Å². The maximum absolute atomic E-state index is 13.3. The molecule has 6 heteroatoms. The predicted octanol–water partition coefficient (Wildman–Crippen LogP) is 4.93. The van der Waals surface area contributed by atoms with Crippen molar-refractivity contribution in [2.45, 2.75) is 51.6 Å². The van der Waals surface area contributed by atoms with Crippen molar-refractivity contribution in [1.82, 2.24) is 9.80 Å². The number of rotatable bonds is 11. The highest BCUT2D eigenvalue weighted by atomic mass is 19.1. The summed E-state index contributed by atoms with van der Waals surface area (Å²) in [6, 6.07) is 9.65. The fourth-order valence-corrected chi connectivity index (χ4v) is 4.09. The van der Waals surface area contributed by atoms with E-state index in [1.807, 2.05) is 0 Å². The van der Waals surface area contributed by atoms with Gasteiger partial charge in [0, 0.05) is 19.5 Å². The molecular formula is C25H31FN2O3. The summed E-state index contributed by atoms with van der Waals surface area (Å²) in [7, 11) is 0. The van der Waals surface area contributed by atoms with E-state index in [2.05, 4.69) is 6.58 Å². The zero-order valence-corrected chi connectivity index (χ0v) is 18.0. The number of halogens is 1. The number of amides is 2. The van der Waals surface area contributed by atoms with E-state index in [1.165, 1.54) is 37.8 Å². The molecule has 0 bridgehead atoms. The van der Waals surface area contributed by atoms with Gasteiger partial charge in [0.1, 0.15) is 18.1 Å². The molecule has 3 rings (SSSR count). The second kappa shape index (κ2) is 11.5. The van der Waals surface area contributed by atoms with Crippen LogP contribution in [0.4, 0.5) is 4.39 Å². The zero-order chi connectivity index (χ0) is 22.1. The van der Waals surface area contributed by atoms with E-state index in [1.54, 1.807) is 46.4 Å². The molecule has 2 aromatic rings. The molecule has 1 aromatic heterocycles. The van der Waals surface area contributed by atoms with E-state index in [0.29, 0.717) is 31.2 Å². The number of nitrogens with zero attached hydrogens (tertiary/aromatic N) is 2. The molecule has 0 aliphatic heterocycles. The van der Waals surface area contributed by atoms with E-state index in [0.717, 1.165) is 12.0 Å². The van der Waals surface area contributed by atoms with Gasteiger partial charge in [-0.3, -0.25) is 9.59 Å². The van der Waals surface area contributed by atoms with Gasteiger partial charge in [-0.2, -0.15) is 0 Å². The third-order valence-electron chi connectivity index (χ3n) is 5.84. The first-order chi connectivity index (χ1) is 15.0. The van der Waals surface area contributed by atoms with Crippen molar-refractivity contribution in [3.63, 3.8) is 0 Å². The quantitative estimate of drug-likeness (QED) is 0.479. The average Bonchev–Trinajstić information content (AvgIpc) is 3.47. The minimum atomic E-state index is -0.322. The topological polar surface area (TPSA) is 53.8 Å². The normalized spacial score (nSPS) is 13.8. The van der Waals surface area contributed by atoms with Gasteiger partial charge in [0.2, 0.25) is 11.8 Å². The van der Waals surface area contributed by atoms with Crippen molar-refractivity contribution >= 4 is 11.8 Å². The summed E-state index contributed by atoms with van der Waals surface area (Å²) < 4.78 is 18.7. The Morgan fingerprint density at radius 2 is 1.81 bits per heavy atom. The summed E-state index contributed by atoms with van der Waals surface area (Å²) in [6.45, 7) is 4.64. The van der Waals surface area contributed by atoms with Gasteiger partial charge in [-0.25, -0.2) is 4.39 Å². The first kappa shape index (κ1) is 22.8. The lowest BCUT2D eigenvalue weighted by Gasteiger charge is -2.27. The van der Waals surface area contributed by atoms with Crippen LogP contribution >= 0.6 is 0 Å². The molecule has 1 heterocycles. The van der Waals surface area contributed by atoms with Crippen LogP contribution in [0.5, 0.6) is 0 Å². The Labute approximate surface area is 183 Å². The Kier molecular flexibility index (Phi) is 8.44. The minimum Gasteiger partial charge on any atom is -0.467 e. The van der Waals surface area contributed by atoms with Crippen molar-refractivity contribution in [3.8, 4) is 0 Å². The second-order valence-corrected chi connectivity index (χ2v) is 8.21. The molecule has 0 atom stereocenters. The molecule has 1 aliphatic carbocycles. The van der Waals surface area contributed by atoms with Gasteiger partial charge in [0.15, 0.2) is 0 Å². The lowest BCUT2D eigenvalue weighted by atomic mass is 10.0. The van der Waals surface area contributed by atoms with Crippen molar-refractivity contribution in [2.24, 2.45) is 5.92 Å². The van der Waals surface area contributed by atoms with Crippen molar-refractivity contribution in [3.05, 3.63) is 72.5 Å². The number of hydrogen-bond acceptors (Lipinski definition) is 3. The van der Waals surface area contributed by atoms with Gasteiger partial charge in [-0.1, -0.05) is 43.9 Å². The largest absolute Gasteiger partial charge is 0.467 e. The van der Waals surface area contributed by atoms with E-state index in [4.69, 9.17) is 4.42 Å². The predicted molar refractivity (Wildman–Crippen MR) is 117 cm³/mol. The van der Waals surface area contributed by atoms with Crippen LogP contribution in [0.3, 0.4) is 0 Å². The van der Waals surface area contributed by atoms with Gasteiger partial charge in [-0.05, 0) is 42.2 Å². The minimum absolute atomic E-state index is 0.0140. The van der Waals surface area contributed by atoms with Gasteiger partial charge in [0.05, 0.1) is 12.8 Å². The standard InChI is InChI=1S/C25H31FN2O3/c1-2-15-27(24(29)14-11-20-6-3-4-7-20)19-25(30)28(18-23-8-5-16-31-23)17-21-9-12-22(26)13-10-21/h2,5,8-10,12-13,16,20H,1,3-4,6-7,11,14-15,17-19H2. The van der Waals surface area contributed by atoms with Crippen LogP contribution in [0.15, 0.2) is 59.7 Å². The molecule has 0 radical (unpaired) electrons. The fourth-order valence-electron chi connectivity index (χ4n) is 4.09. The number of carbonyl (C=O) groups is 2. The van der Waals surface area contributed by atoms with Crippen LogP contribution < -0.4 is 0 Å². The third-order valence-corrected chi connectivity index (χ3v) is 5.84. The van der Waals surface area contributed by atoms with E-state index >= 15 is 0 Å². The Balaban J connectivity index is 1.65. The molecule has 1 aromatic carbocycles. The molecule has 1 aliphatic rings. The molecule has 0 unspecified atom stereocenters. The number of hydrogen-bond donors (Lipinski definition) is 0. The lowest BCUT2D eigenvalue weighted by Crippen LogP contribution is -2.42. The van der Waals surface area contributed by atoms with Crippen LogP contribution in [0.2, 0.25) is 0 Å². The summed E-state index contributed by atoms with van der Waals surface area (Å²) in [5, 5.41) is 0. The maximum atomic E-state index is 13.3. The number of furan rings is 1. The Bertz CT molecular complexity index is 842. The molecule has 2 amide bonds. The summed E-state index contributed by atoms with van der Waals surface area (Å²) >= 11 is 0. The molecule has 5 nitrogen and oxygen atoms in total. The van der Waals surface area contributed by atoms with Crippen molar-refractivity contribution < 1.29 is 18.4 Å². The van der Waals surface area contributed by atoms with Crippen LogP contribution in [-0.4, -0.2) is 34.7 Å². The molecule has 0 spiro atoms. The maximum Gasteiger partial charge on any atom is 0.242 e. The summed E-state index contributed by atoms with van der Waals surface area (Å²) in [4.78, 5) is 29.2. The van der Waals surface area contributed by atoms with Crippen LogP contribution in [0, 0.1) is 11.7 Å². The van der Waals surface area contributed by atoms with Crippen LogP contribution in [-0.2, 0) is 22.7 Å². The zero-order valence-electron chi connectivity index (χ0n) is 18.0. The Hall–Kier alpha value is -2.89. The molecule has 166 valence electrons. The highest BCUT2D eigenvalue weighted by molar-refractivity contribution is 5.85. The Morgan fingerprint density at radius 1 is 1.06 bits per heavy atom. The van der Waals surface area contributed by atoms with Gasteiger partial charge in [0.25, 0.3) is 0 Å². The summed E-state index contributed by atoms with van der Waals surface area (Å²) in [5.74, 6) is 0.756. The number of benzene rings is 1. The molecule has 0 N–H and O–H groups in total. The van der Waals surface area contributed by atoms with Crippen LogP contribution in [0.25, 0.3) is 0 Å². The summed E-state index contributed by atoms with van der Waals surface area (Å²) in [6.07, 6.45) is 9.44. The van der Waals surface area contributed by atoms with Crippen LogP contribution in [0.1, 0.15) is 49.8 Å². The SMILES string of the molecule is C=CCN(CC(=O)N(Cc1ccc(F)cc1)Cc1ccco1)C(=O)CCC1CCCC1. The highest BCUT2D eigenvalue weighted by Gasteiger charge is 2.23. The molecular weight excluding hydrogens is 395 g/mol.